The minimum absolute atomic E-state index is 0.00760. The van der Waals surface area contributed by atoms with E-state index in [9.17, 15) is 40.8 Å². The summed E-state index contributed by atoms with van der Waals surface area (Å²) in [7, 11) is 1.26. The Balaban J connectivity index is 2.28. The summed E-state index contributed by atoms with van der Waals surface area (Å²) in [5.74, 6) is -7.62. The quantitative estimate of drug-likeness (QED) is 0.373. The number of hydrogen-bond acceptors (Lipinski definition) is 7. The molecule has 0 spiro atoms. The lowest BCUT2D eigenvalue weighted by Gasteiger charge is -2.22. The number of halogens is 7. The number of aryl methyl sites for hydroxylation is 2. The molecule has 38 heavy (non-hydrogen) atoms. The second-order valence-electron chi connectivity index (χ2n) is 7.98. The molecule has 0 saturated carbocycles. The molecule has 0 fully saturated rings. The molecule has 0 unspecified atom stereocenters. The summed E-state index contributed by atoms with van der Waals surface area (Å²) in [6, 6.07) is 3.03. The van der Waals surface area contributed by atoms with E-state index in [0.717, 1.165) is 6.07 Å². The number of nitriles is 1. The molecule has 0 amide bonds. The molecule has 8 nitrogen and oxygen atoms in total. The summed E-state index contributed by atoms with van der Waals surface area (Å²) < 4.78 is 106. The second kappa shape index (κ2) is 10.3. The lowest BCUT2D eigenvalue weighted by Crippen LogP contribution is -2.37. The molecule has 15 heteroatoms. The van der Waals surface area contributed by atoms with Crippen LogP contribution in [-0.4, -0.2) is 32.8 Å². The number of benzene rings is 1. The average molecular weight is 545 g/mol. The minimum atomic E-state index is -6.18. The van der Waals surface area contributed by atoms with Gasteiger partial charge in [0, 0.05) is 16.8 Å². The lowest BCUT2D eigenvalue weighted by molar-refractivity contribution is -0.291. The molecule has 0 radical (unpaired) electrons. The van der Waals surface area contributed by atoms with Gasteiger partial charge in [-0.2, -0.15) is 32.2 Å². The van der Waals surface area contributed by atoms with Gasteiger partial charge in [0.15, 0.2) is 5.69 Å². The van der Waals surface area contributed by atoms with Crippen molar-refractivity contribution in [1.82, 2.24) is 19.5 Å². The van der Waals surface area contributed by atoms with Gasteiger partial charge in [-0.05, 0) is 32.9 Å². The van der Waals surface area contributed by atoms with Gasteiger partial charge in [0.25, 0.3) is 12.0 Å². The van der Waals surface area contributed by atoms with Crippen LogP contribution in [0.1, 0.15) is 45.9 Å². The van der Waals surface area contributed by atoms with E-state index >= 15 is 0 Å². The molecule has 3 rings (SSSR count). The van der Waals surface area contributed by atoms with Crippen LogP contribution >= 0.6 is 0 Å². The smallest absolute Gasteiger partial charge is 0.459 e. The minimum Gasteiger partial charge on any atom is -0.481 e. The molecule has 2 aromatic heterocycles. The Morgan fingerprint density at radius 1 is 1.11 bits per heavy atom. The number of rotatable bonds is 7. The zero-order valence-corrected chi connectivity index (χ0v) is 20.1. The molecule has 0 aliphatic rings. The van der Waals surface area contributed by atoms with Crippen LogP contribution in [0.2, 0.25) is 0 Å². The highest BCUT2D eigenvalue weighted by atomic mass is 19.4. The van der Waals surface area contributed by atoms with Gasteiger partial charge in [-0.1, -0.05) is 0 Å². The topological polar surface area (TPSA) is 103 Å². The van der Waals surface area contributed by atoms with Gasteiger partial charge in [-0.15, -0.1) is 0 Å². The zero-order valence-electron chi connectivity index (χ0n) is 20.1. The molecular weight excluding hydrogens is 527 g/mol. The first-order valence-electron chi connectivity index (χ1n) is 10.6. The normalized spacial score (nSPS) is 12.0. The van der Waals surface area contributed by atoms with Gasteiger partial charge in [-0.3, -0.25) is 9.36 Å². The first kappa shape index (κ1) is 28.4. The molecule has 3 aromatic rings. The molecule has 0 bridgehead atoms. The Morgan fingerprint density at radius 2 is 1.76 bits per heavy atom. The van der Waals surface area contributed by atoms with E-state index < -0.39 is 53.4 Å². The third kappa shape index (κ3) is 5.24. The van der Waals surface area contributed by atoms with Crippen LogP contribution in [0.15, 0.2) is 23.3 Å². The average Bonchev–Trinajstić information content (AvgIpc) is 2.82. The number of ether oxygens (including phenoxy) is 2. The first-order valence-corrected chi connectivity index (χ1v) is 10.6. The lowest BCUT2D eigenvalue weighted by atomic mass is 10.0. The number of aromatic nitrogens is 4. The van der Waals surface area contributed by atoms with Gasteiger partial charge in [0.2, 0.25) is 11.6 Å². The number of methoxy groups -OCH3 is 1. The van der Waals surface area contributed by atoms with E-state index in [2.05, 4.69) is 15.0 Å². The fourth-order valence-corrected chi connectivity index (χ4v) is 3.43. The molecule has 0 N–H and O–H groups in total. The SMILES string of the molecule is COc1nc(C)nc(C)c1Cn1cnc(C(F)(F)C(F)(F)F)c(Oc2cc(C(F)F)cc(C#N)c2C)c1=O. The van der Waals surface area contributed by atoms with Gasteiger partial charge >= 0.3 is 12.1 Å². The first-order chi connectivity index (χ1) is 17.6. The highest BCUT2D eigenvalue weighted by Crippen LogP contribution is 2.46. The van der Waals surface area contributed by atoms with Crippen LogP contribution in [0.3, 0.4) is 0 Å². The van der Waals surface area contributed by atoms with E-state index in [1.807, 2.05) is 0 Å². The molecule has 0 aliphatic carbocycles. The molecule has 1 aromatic carbocycles. The van der Waals surface area contributed by atoms with Crippen molar-refractivity contribution < 1.29 is 40.2 Å². The third-order valence-electron chi connectivity index (χ3n) is 5.43. The molecule has 202 valence electrons. The van der Waals surface area contributed by atoms with Gasteiger partial charge in [0.1, 0.15) is 11.6 Å². The largest absolute Gasteiger partial charge is 0.481 e. The summed E-state index contributed by atoms with van der Waals surface area (Å²) in [4.78, 5) is 24.6. The molecule has 0 atom stereocenters. The van der Waals surface area contributed by atoms with Crippen molar-refractivity contribution >= 4 is 0 Å². The Bertz CT molecular complexity index is 1480. The van der Waals surface area contributed by atoms with Crippen LogP contribution in [0.4, 0.5) is 30.7 Å². The number of hydrogen-bond donors (Lipinski definition) is 0. The fraction of sp³-hybridized carbons (Fsp3) is 0.348. The Morgan fingerprint density at radius 3 is 2.32 bits per heavy atom. The van der Waals surface area contributed by atoms with E-state index in [-0.39, 0.29) is 22.6 Å². The van der Waals surface area contributed by atoms with Gasteiger partial charge in [0.05, 0.1) is 37.2 Å². The maximum Gasteiger partial charge on any atom is 0.459 e. The number of alkyl halides is 7. The predicted octanol–water partition coefficient (Wildman–Crippen LogP) is 5.27. The van der Waals surface area contributed by atoms with Crippen molar-refractivity contribution in [1.29, 1.82) is 5.26 Å². The van der Waals surface area contributed by atoms with E-state index in [1.165, 1.54) is 21.0 Å². The number of nitrogens with zero attached hydrogens (tertiary/aromatic N) is 5. The van der Waals surface area contributed by atoms with Crippen LogP contribution in [0.5, 0.6) is 17.4 Å². The zero-order chi connectivity index (χ0) is 28.6. The third-order valence-corrected chi connectivity index (χ3v) is 5.43. The standard InChI is InChI=1S/C23H18F7N5O3/c1-10-14(7-31)5-13(19(24)25)6-16(10)38-17-18(22(26,27)23(28,29)30)32-9-35(21(17)36)8-15-11(2)33-12(3)34-20(15)37-4/h5-6,9,19H,8H2,1-4H3. The molecule has 0 saturated heterocycles. The summed E-state index contributed by atoms with van der Waals surface area (Å²) in [5.41, 5.74) is -4.43. The van der Waals surface area contributed by atoms with Crippen molar-refractivity contribution in [2.75, 3.05) is 7.11 Å². The monoisotopic (exact) mass is 545 g/mol. The Kier molecular flexibility index (Phi) is 7.66. The van der Waals surface area contributed by atoms with Crippen molar-refractivity contribution in [3.8, 4) is 23.4 Å². The van der Waals surface area contributed by atoms with Gasteiger partial charge in [-0.25, -0.2) is 18.7 Å². The van der Waals surface area contributed by atoms with Crippen LogP contribution in [0.25, 0.3) is 0 Å². The van der Waals surface area contributed by atoms with Crippen molar-refractivity contribution in [2.24, 2.45) is 0 Å². The maximum atomic E-state index is 14.4. The highest BCUT2D eigenvalue weighted by Gasteiger charge is 2.62. The van der Waals surface area contributed by atoms with E-state index in [4.69, 9.17) is 9.47 Å². The van der Waals surface area contributed by atoms with E-state index in [1.54, 1.807) is 13.0 Å². The second-order valence-corrected chi connectivity index (χ2v) is 7.98. The summed E-state index contributed by atoms with van der Waals surface area (Å²) in [6.45, 7) is 3.78. The van der Waals surface area contributed by atoms with Crippen molar-refractivity contribution in [3.05, 3.63) is 68.3 Å². The van der Waals surface area contributed by atoms with Crippen LogP contribution < -0.4 is 15.0 Å². The fourth-order valence-electron chi connectivity index (χ4n) is 3.43. The Hall–Kier alpha value is -4.22. The molecule has 0 aliphatic heterocycles. The summed E-state index contributed by atoms with van der Waals surface area (Å²) in [6.07, 6.45) is -8.88. The van der Waals surface area contributed by atoms with Crippen LogP contribution in [0, 0.1) is 32.1 Å². The van der Waals surface area contributed by atoms with Crippen LogP contribution in [-0.2, 0) is 12.5 Å². The Labute approximate surface area is 210 Å². The maximum absolute atomic E-state index is 14.4. The molecular formula is C23H18F7N5O3. The van der Waals surface area contributed by atoms with Crippen molar-refractivity contribution in [2.45, 2.75) is 45.8 Å². The summed E-state index contributed by atoms with van der Waals surface area (Å²) in [5, 5.41) is 9.24. The van der Waals surface area contributed by atoms with Gasteiger partial charge < -0.3 is 9.47 Å². The van der Waals surface area contributed by atoms with Crippen molar-refractivity contribution in [3.63, 3.8) is 0 Å². The summed E-state index contributed by atoms with van der Waals surface area (Å²) >= 11 is 0. The highest BCUT2D eigenvalue weighted by molar-refractivity contribution is 5.51. The predicted molar refractivity (Wildman–Crippen MR) is 117 cm³/mol. The molecule has 2 heterocycles. The van der Waals surface area contributed by atoms with E-state index in [0.29, 0.717) is 28.5 Å².